The standard InChI is InChI=1S/C16H23N3O2.ClH/c1-11(2)9-15(20)18-13-3-5-14(6-4-13)19-16(21)12-7-8-17-10-12;/h3-6,11-12,17H,7-10H2,1-2H3,(H,18,20)(H,19,21);1H. The molecule has 1 fully saturated rings. The van der Waals surface area contributed by atoms with Gasteiger partial charge in [0.05, 0.1) is 5.92 Å². The van der Waals surface area contributed by atoms with Crippen molar-refractivity contribution in [1.82, 2.24) is 5.32 Å². The molecule has 6 heteroatoms. The zero-order chi connectivity index (χ0) is 15.2. The highest BCUT2D eigenvalue weighted by Gasteiger charge is 2.22. The van der Waals surface area contributed by atoms with Crippen molar-refractivity contribution >= 4 is 35.6 Å². The highest BCUT2D eigenvalue weighted by Crippen LogP contribution is 2.16. The van der Waals surface area contributed by atoms with Crippen molar-refractivity contribution in [3.63, 3.8) is 0 Å². The van der Waals surface area contributed by atoms with Crippen LogP contribution >= 0.6 is 12.4 Å². The molecule has 1 heterocycles. The summed E-state index contributed by atoms with van der Waals surface area (Å²) in [5.74, 6) is 0.453. The molecule has 2 amide bonds. The molecular formula is C16H24ClN3O2. The summed E-state index contributed by atoms with van der Waals surface area (Å²) < 4.78 is 0. The molecule has 22 heavy (non-hydrogen) atoms. The molecule has 1 aromatic rings. The van der Waals surface area contributed by atoms with Gasteiger partial charge in [-0.3, -0.25) is 9.59 Å². The number of carbonyl (C=O) groups is 2. The van der Waals surface area contributed by atoms with Crippen molar-refractivity contribution in [1.29, 1.82) is 0 Å². The molecule has 1 unspecified atom stereocenters. The van der Waals surface area contributed by atoms with E-state index in [4.69, 9.17) is 0 Å². The lowest BCUT2D eigenvalue weighted by Gasteiger charge is -2.11. The Morgan fingerprint density at radius 1 is 1.18 bits per heavy atom. The van der Waals surface area contributed by atoms with Gasteiger partial charge in [0.15, 0.2) is 0 Å². The topological polar surface area (TPSA) is 70.2 Å². The van der Waals surface area contributed by atoms with E-state index in [2.05, 4.69) is 16.0 Å². The molecule has 0 radical (unpaired) electrons. The lowest BCUT2D eigenvalue weighted by molar-refractivity contribution is -0.119. The monoisotopic (exact) mass is 325 g/mol. The van der Waals surface area contributed by atoms with Crippen molar-refractivity contribution < 1.29 is 9.59 Å². The molecule has 1 aliphatic heterocycles. The number of anilines is 2. The fraction of sp³-hybridized carbons (Fsp3) is 0.500. The number of carbonyl (C=O) groups excluding carboxylic acids is 2. The molecule has 122 valence electrons. The highest BCUT2D eigenvalue weighted by atomic mass is 35.5. The smallest absolute Gasteiger partial charge is 0.228 e. The van der Waals surface area contributed by atoms with E-state index >= 15 is 0 Å². The molecule has 0 saturated carbocycles. The van der Waals surface area contributed by atoms with Gasteiger partial charge in [0, 0.05) is 24.3 Å². The van der Waals surface area contributed by atoms with Crippen LogP contribution in [0, 0.1) is 11.8 Å². The van der Waals surface area contributed by atoms with Crippen LogP contribution < -0.4 is 16.0 Å². The normalized spacial score (nSPS) is 17.0. The molecule has 2 rings (SSSR count). The first-order valence-corrected chi connectivity index (χ1v) is 7.46. The Kier molecular flexibility index (Phi) is 7.35. The third kappa shape index (κ3) is 5.66. The Morgan fingerprint density at radius 3 is 2.27 bits per heavy atom. The summed E-state index contributed by atoms with van der Waals surface area (Å²) in [4.78, 5) is 23.6. The first kappa shape index (κ1) is 18.5. The summed E-state index contributed by atoms with van der Waals surface area (Å²) in [6.45, 7) is 5.67. The van der Waals surface area contributed by atoms with Gasteiger partial charge < -0.3 is 16.0 Å². The van der Waals surface area contributed by atoms with Crippen molar-refractivity contribution in [2.45, 2.75) is 26.7 Å². The quantitative estimate of drug-likeness (QED) is 0.779. The zero-order valence-corrected chi connectivity index (χ0v) is 13.8. The zero-order valence-electron chi connectivity index (χ0n) is 13.0. The van der Waals surface area contributed by atoms with Gasteiger partial charge in [-0.25, -0.2) is 0 Å². The first-order chi connectivity index (χ1) is 10.0. The van der Waals surface area contributed by atoms with E-state index in [1.807, 2.05) is 26.0 Å². The summed E-state index contributed by atoms with van der Waals surface area (Å²) >= 11 is 0. The van der Waals surface area contributed by atoms with Gasteiger partial charge in [0.2, 0.25) is 11.8 Å². The largest absolute Gasteiger partial charge is 0.326 e. The van der Waals surface area contributed by atoms with Gasteiger partial charge in [0.1, 0.15) is 0 Å². The maximum Gasteiger partial charge on any atom is 0.228 e. The summed E-state index contributed by atoms with van der Waals surface area (Å²) in [6.07, 6.45) is 1.39. The molecule has 0 aromatic heterocycles. The predicted octanol–water partition coefficient (Wildman–Crippen LogP) is 2.64. The average Bonchev–Trinajstić information content (AvgIpc) is 2.94. The van der Waals surface area contributed by atoms with E-state index in [1.54, 1.807) is 12.1 Å². The fourth-order valence-corrected chi connectivity index (χ4v) is 2.34. The second-order valence-corrected chi connectivity index (χ2v) is 5.90. The van der Waals surface area contributed by atoms with E-state index in [1.165, 1.54) is 0 Å². The Bertz CT molecular complexity index is 497. The van der Waals surface area contributed by atoms with Gasteiger partial charge in [-0.1, -0.05) is 13.8 Å². The van der Waals surface area contributed by atoms with Crippen LogP contribution in [0.15, 0.2) is 24.3 Å². The number of amides is 2. The average molecular weight is 326 g/mol. The fourth-order valence-electron chi connectivity index (χ4n) is 2.34. The number of hydrogen-bond acceptors (Lipinski definition) is 3. The van der Waals surface area contributed by atoms with Crippen molar-refractivity contribution in [3.05, 3.63) is 24.3 Å². The second-order valence-electron chi connectivity index (χ2n) is 5.90. The minimum Gasteiger partial charge on any atom is -0.326 e. The molecule has 0 bridgehead atoms. The predicted molar refractivity (Wildman–Crippen MR) is 91.4 cm³/mol. The number of benzene rings is 1. The van der Waals surface area contributed by atoms with Gasteiger partial charge in [0.25, 0.3) is 0 Å². The van der Waals surface area contributed by atoms with Crippen molar-refractivity contribution in [3.8, 4) is 0 Å². The minimum absolute atomic E-state index is 0. The van der Waals surface area contributed by atoms with Crippen LogP contribution in [-0.2, 0) is 9.59 Å². The molecule has 1 aromatic carbocycles. The highest BCUT2D eigenvalue weighted by molar-refractivity contribution is 5.94. The van der Waals surface area contributed by atoms with E-state index in [9.17, 15) is 9.59 Å². The molecule has 5 nitrogen and oxygen atoms in total. The SMILES string of the molecule is CC(C)CC(=O)Nc1ccc(NC(=O)C2CCNC2)cc1.Cl. The van der Waals surface area contributed by atoms with E-state index < -0.39 is 0 Å². The summed E-state index contributed by atoms with van der Waals surface area (Å²) in [5.41, 5.74) is 1.51. The Balaban J connectivity index is 0.00000242. The summed E-state index contributed by atoms with van der Waals surface area (Å²) in [7, 11) is 0. The van der Waals surface area contributed by atoms with Crippen LogP contribution in [0.4, 0.5) is 11.4 Å². The third-order valence-corrected chi connectivity index (χ3v) is 3.46. The molecule has 1 aliphatic rings. The lowest BCUT2D eigenvalue weighted by atomic mass is 10.1. The summed E-state index contributed by atoms with van der Waals surface area (Å²) in [6, 6.07) is 7.23. The number of rotatable bonds is 5. The van der Waals surface area contributed by atoms with Gasteiger partial charge in [-0.15, -0.1) is 12.4 Å². The van der Waals surface area contributed by atoms with Crippen LogP contribution in [0.2, 0.25) is 0 Å². The minimum atomic E-state index is 0. The maximum atomic E-state index is 12.0. The Morgan fingerprint density at radius 2 is 1.77 bits per heavy atom. The number of nitrogens with one attached hydrogen (secondary N) is 3. The van der Waals surface area contributed by atoms with Gasteiger partial charge >= 0.3 is 0 Å². The lowest BCUT2D eigenvalue weighted by Crippen LogP contribution is -2.24. The Labute approximate surface area is 137 Å². The van der Waals surface area contributed by atoms with Crippen molar-refractivity contribution in [2.24, 2.45) is 11.8 Å². The number of hydrogen-bond donors (Lipinski definition) is 3. The van der Waals surface area contributed by atoms with E-state index in [-0.39, 0.29) is 30.1 Å². The third-order valence-electron chi connectivity index (χ3n) is 3.46. The van der Waals surface area contributed by atoms with Gasteiger partial charge in [-0.05, 0) is 43.1 Å². The first-order valence-electron chi connectivity index (χ1n) is 7.46. The van der Waals surface area contributed by atoms with Crippen LogP contribution in [0.25, 0.3) is 0 Å². The molecule has 1 atom stereocenters. The van der Waals surface area contributed by atoms with Crippen LogP contribution in [0.1, 0.15) is 26.7 Å². The summed E-state index contributed by atoms with van der Waals surface area (Å²) in [5, 5.41) is 8.93. The number of halogens is 1. The van der Waals surface area contributed by atoms with Gasteiger partial charge in [-0.2, -0.15) is 0 Å². The van der Waals surface area contributed by atoms with Crippen LogP contribution in [0.3, 0.4) is 0 Å². The maximum absolute atomic E-state index is 12.0. The van der Waals surface area contributed by atoms with E-state index in [0.717, 1.165) is 30.9 Å². The molecule has 3 N–H and O–H groups in total. The second kappa shape index (κ2) is 8.76. The molecule has 0 spiro atoms. The molecule has 0 aliphatic carbocycles. The van der Waals surface area contributed by atoms with Crippen LogP contribution in [-0.4, -0.2) is 24.9 Å². The molecule has 1 saturated heterocycles. The van der Waals surface area contributed by atoms with Crippen LogP contribution in [0.5, 0.6) is 0 Å². The van der Waals surface area contributed by atoms with Crippen molar-refractivity contribution in [2.75, 3.05) is 23.7 Å². The Hall–Kier alpha value is -1.59. The molecular weight excluding hydrogens is 302 g/mol. The van der Waals surface area contributed by atoms with E-state index in [0.29, 0.717) is 12.3 Å².